The van der Waals surface area contributed by atoms with Crippen molar-refractivity contribution in [2.75, 3.05) is 31.5 Å². The number of nitrogens with zero attached hydrogens (tertiary/aromatic N) is 4. The third kappa shape index (κ3) is 4.44. The Balaban J connectivity index is 1.34. The quantitative estimate of drug-likeness (QED) is 0.693. The van der Waals surface area contributed by atoms with Crippen molar-refractivity contribution < 1.29 is 14.0 Å². The Morgan fingerprint density at radius 2 is 1.67 bits per heavy atom. The molecule has 1 aromatic heterocycles. The number of anilines is 1. The largest absolute Gasteiger partial charge is 0.334 e. The van der Waals surface area contributed by atoms with E-state index in [1.165, 1.54) is 24.3 Å². The van der Waals surface area contributed by atoms with Crippen LogP contribution in [0.25, 0.3) is 5.69 Å². The van der Waals surface area contributed by atoms with Gasteiger partial charge in [0.15, 0.2) is 5.69 Å². The average molecular weight is 428 g/mol. The molecule has 0 atom stereocenters. The number of amides is 3. The van der Waals surface area contributed by atoms with Gasteiger partial charge < -0.3 is 15.1 Å². The molecule has 1 N–H and O–H groups in total. The lowest BCUT2D eigenvalue weighted by atomic mass is 10.3. The maximum atomic E-state index is 13.0. The van der Waals surface area contributed by atoms with E-state index in [4.69, 9.17) is 11.6 Å². The van der Waals surface area contributed by atoms with Crippen LogP contribution >= 0.6 is 11.6 Å². The van der Waals surface area contributed by atoms with Gasteiger partial charge in [0, 0.05) is 43.1 Å². The zero-order valence-corrected chi connectivity index (χ0v) is 16.7. The average Bonchev–Trinajstić information content (AvgIpc) is 3.25. The Kier molecular flexibility index (Phi) is 5.67. The maximum Gasteiger partial charge on any atom is 0.321 e. The van der Waals surface area contributed by atoms with Gasteiger partial charge in [0.1, 0.15) is 5.82 Å². The summed E-state index contributed by atoms with van der Waals surface area (Å²) in [5, 5.41) is 7.68. The molecule has 0 aliphatic carbocycles. The molecule has 0 bridgehead atoms. The highest BCUT2D eigenvalue weighted by Gasteiger charge is 2.26. The molecule has 1 fully saturated rings. The first-order valence-electron chi connectivity index (χ1n) is 9.42. The molecule has 4 rings (SSSR count). The number of aromatic nitrogens is 2. The van der Waals surface area contributed by atoms with Crippen molar-refractivity contribution in [2.45, 2.75) is 0 Å². The van der Waals surface area contributed by atoms with Gasteiger partial charge in [0.2, 0.25) is 0 Å². The van der Waals surface area contributed by atoms with Crippen LogP contribution in [0.2, 0.25) is 5.02 Å². The number of carbonyl (C=O) groups is 2. The highest BCUT2D eigenvalue weighted by molar-refractivity contribution is 6.30. The lowest BCUT2D eigenvalue weighted by Crippen LogP contribution is -2.51. The minimum absolute atomic E-state index is 0.186. The maximum absolute atomic E-state index is 13.0. The lowest BCUT2D eigenvalue weighted by Gasteiger charge is -2.34. The Morgan fingerprint density at radius 1 is 0.967 bits per heavy atom. The van der Waals surface area contributed by atoms with E-state index in [1.54, 1.807) is 38.9 Å². The second-order valence-corrected chi connectivity index (χ2v) is 7.28. The SMILES string of the molecule is O=C(Nc1ccc(F)cc1)N1CCN(C(=O)c2ccn(-c3cccc(Cl)c3)n2)CC1. The van der Waals surface area contributed by atoms with Gasteiger partial charge in [0.05, 0.1) is 5.69 Å². The van der Waals surface area contributed by atoms with Gasteiger partial charge in [-0.25, -0.2) is 13.9 Å². The third-order valence-corrected chi connectivity index (χ3v) is 5.07. The summed E-state index contributed by atoms with van der Waals surface area (Å²) in [4.78, 5) is 28.5. The minimum atomic E-state index is -0.363. The monoisotopic (exact) mass is 427 g/mol. The number of hydrogen-bond donors (Lipinski definition) is 1. The van der Waals surface area contributed by atoms with E-state index in [2.05, 4.69) is 10.4 Å². The number of halogens is 2. The molecule has 154 valence electrons. The molecule has 9 heteroatoms. The summed E-state index contributed by atoms with van der Waals surface area (Å²) < 4.78 is 14.6. The van der Waals surface area contributed by atoms with Gasteiger partial charge in [-0.3, -0.25) is 4.79 Å². The highest BCUT2D eigenvalue weighted by Crippen LogP contribution is 2.16. The van der Waals surface area contributed by atoms with Gasteiger partial charge >= 0.3 is 6.03 Å². The van der Waals surface area contributed by atoms with Gasteiger partial charge in [-0.05, 0) is 48.5 Å². The van der Waals surface area contributed by atoms with E-state index in [1.807, 2.05) is 12.1 Å². The molecule has 1 aliphatic rings. The normalized spacial score (nSPS) is 13.9. The molecule has 0 saturated carbocycles. The summed E-state index contributed by atoms with van der Waals surface area (Å²) in [6.45, 7) is 1.60. The van der Waals surface area contributed by atoms with Crippen LogP contribution in [0.3, 0.4) is 0 Å². The lowest BCUT2D eigenvalue weighted by molar-refractivity contribution is 0.0665. The Hall–Kier alpha value is -3.39. The van der Waals surface area contributed by atoms with E-state index < -0.39 is 0 Å². The first kappa shape index (κ1) is 19.9. The molecule has 7 nitrogen and oxygen atoms in total. The number of nitrogens with one attached hydrogen (secondary N) is 1. The summed E-state index contributed by atoms with van der Waals surface area (Å²) in [7, 11) is 0. The van der Waals surface area contributed by atoms with E-state index in [9.17, 15) is 14.0 Å². The van der Waals surface area contributed by atoms with Gasteiger partial charge in [-0.15, -0.1) is 0 Å². The molecule has 0 spiro atoms. The molecule has 0 radical (unpaired) electrons. The number of carbonyl (C=O) groups excluding carboxylic acids is 2. The van der Waals surface area contributed by atoms with Crippen LogP contribution in [0.4, 0.5) is 14.9 Å². The second-order valence-electron chi connectivity index (χ2n) is 6.84. The van der Waals surface area contributed by atoms with E-state index in [0.717, 1.165) is 5.69 Å². The zero-order valence-electron chi connectivity index (χ0n) is 16.0. The van der Waals surface area contributed by atoms with Crippen LogP contribution in [0, 0.1) is 5.82 Å². The van der Waals surface area contributed by atoms with E-state index >= 15 is 0 Å². The molecule has 1 aliphatic heterocycles. The Labute approximate surface area is 177 Å². The second kappa shape index (κ2) is 8.54. The van der Waals surface area contributed by atoms with Crippen molar-refractivity contribution in [2.24, 2.45) is 0 Å². The van der Waals surface area contributed by atoms with Crippen LogP contribution < -0.4 is 5.32 Å². The molecular weight excluding hydrogens is 409 g/mol. The summed E-state index contributed by atoms with van der Waals surface area (Å²) in [6.07, 6.45) is 1.71. The minimum Gasteiger partial charge on any atom is -0.334 e. The fourth-order valence-electron chi connectivity index (χ4n) is 3.21. The first-order valence-corrected chi connectivity index (χ1v) is 9.80. The molecule has 3 amide bonds. The molecule has 3 aromatic rings. The van der Waals surface area contributed by atoms with Crippen molar-refractivity contribution in [1.29, 1.82) is 0 Å². The fraction of sp³-hybridized carbons (Fsp3) is 0.190. The molecule has 2 heterocycles. The molecule has 1 saturated heterocycles. The van der Waals surface area contributed by atoms with Crippen LogP contribution in [0.15, 0.2) is 60.8 Å². The summed E-state index contributed by atoms with van der Waals surface area (Å²) in [6, 6.07) is 14.2. The number of benzene rings is 2. The van der Waals surface area contributed by atoms with Crippen molar-refractivity contribution in [3.63, 3.8) is 0 Å². The van der Waals surface area contributed by atoms with Crippen LogP contribution in [-0.4, -0.2) is 57.7 Å². The number of piperazine rings is 1. The molecule has 30 heavy (non-hydrogen) atoms. The van der Waals surface area contributed by atoms with Crippen LogP contribution in [0.1, 0.15) is 10.5 Å². The third-order valence-electron chi connectivity index (χ3n) is 4.83. The summed E-state index contributed by atoms with van der Waals surface area (Å²) >= 11 is 6.01. The number of rotatable bonds is 3. The number of urea groups is 1. The Morgan fingerprint density at radius 3 is 2.37 bits per heavy atom. The smallest absolute Gasteiger partial charge is 0.321 e. The van der Waals surface area contributed by atoms with Crippen LogP contribution in [-0.2, 0) is 0 Å². The van der Waals surface area contributed by atoms with Crippen molar-refractivity contribution in [3.8, 4) is 5.69 Å². The van der Waals surface area contributed by atoms with Crippen molar-refractivity contribution in [1.82, 2.24) is 19.6 Å². The van der Waals surface area contributed by atoms with E-state index in [-0.39, 0.29) is 17.8 Å². The number of hydrogen-bond acceptors (Lipinski definition) is 3. The molecule has 0 unspecified atom stereocenters. The fourth-order valence-corrected chi connectivity index (χ4v) is 3.40. The zero-order chi connectivity index (χ0) is 21.1. The van der Waals surface area contributed by atoms with Gasteiger partial charge in [0.25, 0.3) is 5.91 Å². The molecular formula is C21H19ClFN5O2. The topological polar surface area (TPSA) is 70.5 Å². The van der Waals surface area contributed by atoms with Crippen molar-refractivity contribution in [3.05, 3.63) is 77.3 Å². The molecule has 2 aromatic carbocycles. The van der Waals surface area contributed by atoms with Crippen LogP contribution in [0.5, 0.6) is 0 Å². The predicted octanol–water partition coefficient (Wildman–Crippen LogP) is 3.65. The standard InChI is InChI=1S/C21H19ClFN5O2/c22-15-2-1-3-18(14-15)28-9-8-19(25-28)20(29)26-10-12-27(13-11-26)21(30)24-17-6-4-16(23)5-7-17/h1-9,14H,10-13H2,(H,24,30). The van der Waals surface area contributed by atoms with Gasteiger partial charge in [-0.2, -0.15) is 5.10 Å². The Bertz CT molecular complexity index is 1060. The predicted molar refractivity (Wildman–Crippen MR) is 111 cm³/mol. The highest BCUT2D eigenvalue weighted by atomic mass is 35.5. The van der Waals surface area contributed by atoms with Gasteiger partial charge in [-0.1, -0.05) is 17.7 Å². The summed E-state index contributed by atoms with van der Waals surface area (Å²) in [5.74, 6) is -0.549. The summed E-state index contributed by atoms with van der Waals surface area (Å²) in [5.41, 5.74) is 1.62. The first-order chi connectivity index (χ1) is 14.5. The van der Waals surface area contributed by atoms with E-state index in [0.29, 0.717) is 42.6 Å². The van der Waals surface area contributed by atoms with Crippen molar-refractivity contribution >= 4 is 29.2 Å².